The Hall–Kier alpha value is -1.88. The lowest BCUT2D eigenvalue weighted by Gasteiger charge is -2.29. The molecule has 24 heavy (non-hydrogen) atoms. The average molecular weight is 329 g/mol. The summed E-state index contributed by atoms with van der Waals surface area (Å²) in [5.41, 5.74) is 3.85. The molecule has 0 unspecified atom stereocenters. The number of anilines is 1. The molecule has 5 heteroatoms. The molecule has 1 aromatic carbocycles. The Morgan fingerprint density at radius 1 is 1.46 bits per heavy atom. The van der Waals surface area contributed by atoms with Gasteiger partial charge in [-0.15, -0.1) is 0 Å². The molecule has 0 bridgehead atoms. The van der Waals surface area contributed by atoms with Gasteiger partial charge in [-0.05, 0) is 30.9 Å². The van der Waals surface area contributed by atoms with Crippen LogP contribution in [0.4, 0.5) is 5.69 Å². The number of carbonyl (C=O) groups excluding carboxylic acids is 1. The van der Waals surface area contributed by atoms with Crippen molar-refractivity contribution in [2.75, 3.05) is 45.3 Å². The fraction of sp³-hybridized carbons (Fsp3) is 0.579. The number of hydrogen-bond acceptors (Lipinski definition) is 4. The Bertz CT molecular complexity index is 615. The summed E-state index contributed by atoms with van der Waals surface area (Å²) < 4.78 is 5.03. The lowest BCUT2D eigenvalue weighted by molar-refractivity contribution is -0.130. The van der Waals surface area contributed by atoms with E-state index in [0.29, 0.717) is 19.1 Å². The molecule has 2 heterocycles. The summed E-state index contributed by atoms with van der Waals surface area (Å²) in [4.78, 5) is 21.1. The molecular weight excluding hydrogens is 302 g/mol. The molecular formula is C19H27N3O2. The molecule has 0 spiro atoms. The van der Waals surface area contributed by atoms with Gasteiger partial charge < -0.3 is 14.5 Å². The van der Waals surface area contributed by atoms with E-state index >= 15 is 0 Å². The number of likely N-dealkylation sites (N-methyl/N-ethyl adjacent to an activating group) is 1. The fourth-order valence-corrected chi connectivity index (χ4v) is 3.62. The Morgan fingerprint density at radius 2 is 2.33 bits per heavy atom. The van der Waals surface area contributed by atoms with Crippen molar-refractivity contribution in [3.8, 4) is 0 Å². The second kappa shape index (κ2) is 7.79. The predicted octanol–water partition coefficient (Wildman–Crippen LogP) is 2.13. The van der Waals surface area contributed by atoms with Gasteiger partial charge >= 0.3 is 0 Å². The van der Waals surface area contributed by atoms with Crippen molar-refractivity contribution >= 4 is 17.8 Å². The zero-order chi connectivity index (χ0) is 16.9. The van der Waals surface area contributed by atoms with Gasteiger partial charge in [0.25, 0.3) is 0 Å². The van der Waals surface area contributed by atoms with Crippen LogP contribution in [0.5, 0.6) is 0 Å². The molecule has 1 atom stereocenters. The monoisotopic (exact) mass is 329 g/mol. The quantitative estimate of drug-likeness (QED) is 0.751. The van der Waals surface area contributed by atoms with Gasteiger partial charge in [0.05, 0.1) is 0 Å². The van der Waals surface area contributed by atoms with Crippen LogP contribution in [0.25, 0.3) is 0 Å². The number of ether oxygens (including phenoxy) is 1. The van der Waals surface area contributed by atoms with Crippen LogP contribution in [0.3, 0.4) is 0 Å². The van der Waals surface area contributed by atoms with Crippen molar-refractivity contribution in [2.24, 2.45) is 4.99 Å². The van der Waals surface area contributed by atoms with Crippen LogP contribution in [-0.2, 0) is 16.0 Å². The SMILES string of the molecule is COCCCC(=O)N1CC[C@H](N(C)c2cccc3c2C=NCC3)C1. The van der Waals surface area contributed by atoms with E-state index in [4.69, 9.17) is 4.74 Å². The number of nitrogens with zero attached hydrogens (tertiary/aromatic N) is 3. The molecule has 1 amide bonds. The van der Waals surface area contributed by atoms with Crippen LogP contribution in [0.1, 0.15) is 30.4 Å². The first-order valence-corrected chi connectivity index (χ1v) is 8.82. The maximum atomic E-state index is 12.3. The van der Waals surface area contributed by atoms with E-state index < -0.39 is 0 Å². The average Bonchev–Trinajstić information content (AvgIpc) is 3.11. The summed E-state index contributed by atoms with van der Waals surface area (Å²) in [6.07, 6.45) is 5.43. The van der Waals surface area contributed by atoms with Crippen LogP contribution in [0, 0.1) is 0 Å². The summed E-state index contributed by atoms with van der Waals surface area (Å²) in [6.45, 7) is 3.19. The zero-order valence-corrected chi connectivity index (χ0v) is 14.7. The standard InChI is InChI=1S/C19H27N3O2/c1-21(18-6-3-5-15-8-10-20-13-17(15)18)16-9-11-22(14-16)19(23)7-4-12-24-2/h3,5-6,13,16H,4,7-12,14H2,1-2H3/t16-/m0/s1. The third-order valence-corrected chi connectivity index (χ3v) is 5.09. The highest BCUT2D eigenvalue weighted by molar-refractivity contribution is 5.91. The zero-order valence-electron chi connectivity index (χ0n) is 14.7. The summed E-state index contributed by atoms with van der Waals surface area (Å²) in [5.74, 6) is 0.250. The smallest absolute Gasteiger partial charge is 0.222 e. The molecule has 1 aromatic rings. The van der Waals surface area contributed by atoms with Gasteiger partial charge in [0.15, 0.2) is 0 Å². The maximum absolute atomic E-state index is 12.3. The van der Waals surface area contributed by atoms with Crippen LogP contribution in [0.2, 0.25) is 0 Å². The van der Waals surface area contributed by atoms with Crippen molar-refractivity contribution < 1.29 is 9.53 Å². The van der Waals surface area contributed by atoms with Gasteiger partial charge in [0, 0.05) is 70.3 Å². The molecule has 1 fully saturated rings. The number of amides is 1. The molecule has 2 aliphatic heterocycles. The van der Waals surface area contributed by atoms with Gasteiger partial charge in [-0.2, -0.15) is 0 Å². The van der Waals surface area contributed by atoms with Gasteiger partial charge in [0.1, 0.15) is 0 Å². The highest BCUT2D eigenvalue weighted by atomic mass is 16.5. The molecule has 0 radical (unpaired) electrons. The number of hydrogen-bond donors (Lipinski definition) is 0. The molecule has 0 N–H and O–H groups in total. The molecule has 0 aromatic heterocycles. The minimum Gasteiger partial charge on any atom is -0.385 e. The van der Waals surface area contributed by atoms with Crippen molar-refractivity contribution in [3.63, 3.8) is 0 Å². The van der Waals surface area contributed by atoms with E-state index in [2.05, 4.69) is 35.1 Å². The predicted molar refractivity (Wildman–Crippen MR) is 97.1 cm³/mol. The fourth-order valence-electron chi connectivity index (χ4n) is 3.62. The molecule has 130 valence electrons. The first-order valence-electron chi connectivity index (χ1n) is 8.82. The first kappa shape index (κ1) is 17.0. The van der Waals surface area contributed by atoms with Crippen molar-refractivity contribution in [1.82, 2.24) is 4.90 Å². The molecule has 2 aliphatic rings. The van der Waals surface area contributed by atoms with Crippen LogP contribution < -0.4 is 4.90 Å². The van der Waals surface area contributed by atoms with Gasteiger partial charge in [-0.25, -0.2) is 0 Å². The van der Waals surface area contributed by atoms with Crippen LogP contribution in [-0.4, -0.2) is 63.5 Å². The Balaban J connectivity index is 1.64. The third kappa shape index (κ3) is 3.61. The van der Waals surface area contributed by atoms with E-state index in [1.165, 1.54) is 16.8 Å². The van der Waals surface area contributed by atoms with E-state index in [0.717, 1.165) is 38.9 Å². The van der Waals surface area contributed by atoms with Gasteiger partial charge in [-0.1, -0.05) is 12.1 Å². The van der Waals surface area contributed by atoms with E-state index in [-0.39, 0.29) is 5.91 Å². The lowest BCUT2D eigenvalue weighted by atomic mass is 10.00. The van der Waals surface area contributed by atoms with Gasteiger partial charge in [-0.3, -0.25) is 9.79 Å². The number of benzene rings is 1. The number of rotatable bonds is 6. The largest absolute Gasteiger partial charge is 0.385 e. The third-order valence-electron chi connectivity index (χ3n) is 5.09. The molecule has 1 saturated heterocycles. The highest BCUT2D eigenvalue weighted by Gasteiger charge is 2.29. The minimum absolute atomic E-state index is 0.250. The van der Waals surface area contributed by atoms with E-state index in [1.54, 1.807) is 7.11 Å². The van der Waals surface area contributed by atoms with E-state index in [9.17, 15) is 4.79 Å². The summed E-state index contributed by atoms with van der Waals surface area (Å²) in [7, 11) is 3.82. The summed E-state index contributed by atoms with van der Waals surface area (Å²) >= 11 is 0. The number of aliphatic imine (C=N–C) groups is 1. The second-order valence-corrected chi connectivity index (χ2v) is 6.62. The van der Waals surface area contributed by atoms with E-state index in [1.807, 2.05) is 11.1 Å². The Labute approximate surface area is 144 Å². The molecule has 5 nitrogen and oxygen atoms in total. The Kier molecular flexibility index (Phi) is 5.51. The first-order chi connectivity index (χ1) is 11.7. The lowest BCUT2D eigenvalue weighted by Crippen LogP contribution is -2.37. The van der Waals surface area contributed by atoms with Crippen molar-refractivity contribution in [2.45, 2.75) is 31.7 Å². The van der Waals surface area contributed by atoms with Crippen molar-refractivity contribution in [3.05, 3.63) is 29.3 Å². The summed E-state index contributed by atoms with van der Waals surface area (Å²) in [6, 6.07) is 6.86. The number of fused-ring (bicyclic) bond motifs is 1. The van der Waals surface area contributed by atoms with Crippen LogP contribution >= 0.6 is 0 Å². The normalized spacial score (nSPS) is 19.4. The highest BCUT2D eigenvalue weighted by Crippen LogP contribution is 2.28. The molecule has 0 saturated carbocycles. The maximum Gasteiger partial charge on any atom is 0.222 e. The van der Waals surface area contributed by atoms with Gasteiger partial charge in [0.2, 0.25) is 5.91 Å². The molecule has 0 aliphatic carbocycles. The Morgan fingerprint density at radius 3 is 3.17 bits per heavy atom. The topological polar surface area (TPSA) is 45.1 Å². The summed E-state index contributed by atoms with van der Waals surface area (Å²) in [5, 5.41) is 0. The number of carbonyl (C=O) groups is 1. The molecule has 3 rings (SSSR count). The number of likely N-dealkylation sites (tertiary alicyclic amines) is 1. The van der Waals surface area contributed by atoms with Crippen molar-refractivity contribution in [1.29, 1.82) is 0 Å². The van der Waals surface area contributed by atoms with Crippen LogP contribution in [0.15, 0.2) is 23.2 Å². The minimum atomic E-state index is 0.250. The second-order valence-electron chi connectivity index (χ2n) is 6.62. The number of methoxy groups -OCH3 is 1.